The molecular weight excluding hydrogens is 328 g/mol. The largest absolute Gasteiger partial charge is 0.383 e. The molecule has 2 aromatic carbocycles. The van der Waals surface area contributed by atoms with Crippen LogP contribution in [0.25, 0.3) is 10.9 Å². The third-order valence-corrected chi connectivity index (χ3v) is 3.80. The number of halogens is 1. The lowest BCUT2D eigenvalue weighted by Gasteiger charge is -2.08. The van der Waals surface area contributed by atoms with Gasteiger partial charge in [0, 0.05) is 15.4 Å². The molecule has 0 aliphatic heterocycles. The molecule has 0 fully saturated rings. The molecule has 0 aliphatic rings. The highest BCUT2D eigenvalue weighted by Crippen LogP contribution is 2.19. The normalized spacial score (nSPS) is 10.9. The molecule has 1 aromatic heterocycles. The molecule has 4 heteroatoms. The summed E-state index contributed by atoms with van der Waals surface area (Å²) in [6.45, 7) is 1.01. The predicted octanol–water partition coefficient (Wildman–Crippen LogP) is 4.30. The Balaban J connectivity index is 1.70. The van der Waals surface area contributed by atoms with Crippen molar-refractivity contribution in [2.75, 3.05) is 5.73 Å². The van der Waals surface area contributed by atoms with Crippen LogP contribution in [0.1, 0.15) is 11.1 Å². The summed E-state index contributed by atoms with van der Waals surface area (Å²) in [6, 6.07) is 18.1. The van der Waals surface area contributed by atoms with E-state index in [9.17, 15) is 0 Å². The highest BCUT2D eigenvalue weighted by atomic mass is 79.9. The van der Waals surface area contributed by atoms with Crippen molar-refractivity contribution in [2.24, 2.45) is 0 Å². The van der Waals surface area contributed by atoms with Crippen LogP contribution in [0.2, 0.25) is 0 Å². The summed E-state index contributed by atoms with van der Waals surface area (Å²) in [7, 11) is 0. The van der Waals surface area contributed by atoms with E-state index in [-0.39, 0.29) is 0 Å². The number of fused-ring (bicyclic) bond motifs is 1. The second-order valence-electron chi connectivity index (χ2n) is 4.84. The maximum atomic E-state index is 5.99. The first-order valence-corrected chi connectivity index (χ1v) is 7.48. The van der Waals surface area contributed by atoms with Crippen molar-refractivity contribution in [3.8, 4) is 0 Å². The third kappa shape index (κ3) is 3.40. The maximum absolute atomic E-state index is 5.99. The summed E-state index contributed by atoms with van der Waals surface area (Å²) in [5.74, 6) is 0.532. The fraction of sp³-hybridized carbons (Fsp3) is 0.118. The van der Waals surface area contributed by atoms with Crippen LogP contribution in [0.3, 0.4) is 0 Å². The van der Waals surface area contributed by atoms with Gasteiger partial charge in [-0.1, -0.05) is 46.3 Å². The Hall–Kier alpha value is -1.91. The highest BCUT2D eigenvalue weighted by Gasteiger charge is 2.04. The van der Waals surface area contributed by atoms with Crippen LogP contribution in [0.4, 0.5) is 5.82 Å². The van der Waals surface area contributed by atoms with Gasteiger partial charge in [-0.25, -0.2) is 4.98 Å². The number of hydrogen-bond acceptors (Lipinski definition) is 3. The van der Waals surface area contributed by atoms with Gasteiger partial charge in [-0.15, -0.1) is 0 Å². The minimum atomic E-state index is 0.458. The molecule has 1 heterocycles. The second-order valence-corrected chi connectivity index (χ2v) is 5.76. The molecule has 0 saturated heterocycles. The zero-order valence-corrected chi connectivity index (χ0v) is 13.0. The van der Waals surface area contributed by atoms with Crippen molar-refractivity contribution < 1.29 is 4.74 Å². The van der Waals surface area contributed by atoms with Crippen molar-refractivity contribution in [1.29, 1.82) is 0 Å². The van der Waals surface area contributed by atoms with Crippen LogP contribution in [0.15, 0.2) is 59.1 Å². The van der Waals surface area contributed by atoms with Gasteiger partial charge in [-0.3, -0.25) is 0 Å². The predicted molar refractivity (Wildman–Crippen MR) is 88.8 cm³/mol. The Morgan fingerprint density at radius 1 is 1.00 bits per heavy atom. The first-order chi connectivity index (χ1) is 10.2. The van der Waals surface area contributed by atoms with Crippen LogP contribution in [0.5, 0.6) is 0 Å². The molecule has 2 N–H and O–H groups in total. The fourth-order valence-corrected chi connectivity index (χ4v) is 2.41. The molecule has 0 amide bonds. The number of ether oxygens (including phenoxy) is 1. The van der Waals surface area contributed by atoms with E-state index in [1.807, 2.05) is 54.6 Å². The number of hydrogen-bond donors (Lipinski definition) is 1. The average molecular weight is 343 g/mol. The zero-order valence-electron chi connectivity index (χ0n) is 11.4. The molecule has 0 atom stereocenters. The quantitative estimate of drug-likeness (QED) is 0.768. The first kappa shape index (κ1) is 14.0. The van der Waals surface area contributed by atoms with Crippen molar-refractivity contribution in [3.63, 3.8) is 0 Å². The van der Waals surface area contributed by atoms with E-state index >= 15 is 0 Å². The van der Waals surface area contributed by atoms with Gasteiger partial charge in [0.25, 0.3) is 0 Å². The lowest BCUT2D eigenvalue weighted by molar-refractivity contribution is 0.107. The molecule has 21 heavy (non-hydrogen) atoms. The summed E-state index contributed by atoms with van der Waals surface area (Å²) in [6.07, 6.45) is 0. The molecule has 0 radical (unpaired) electrons. The van der Waals surface area contributed by atoms with Crippen molar-refractivity contribution in [1.82, 2.24) is 4.98 Å². The monoisotopic (exact) mass is 342 g/mol. The number of benzene rings is 2. The molecule has 0 unspecified atom stereocenters. The van der Waals surface area contributed by atoms with Crippen LogP contribution in [0, 0.1) is 0 Å². The standard InChI is InChI=1S/C17H15BrN2O/c18-15-7-5-12(6-8-15)10-21-11-14-9-13-3-1-2-4-16(13)20-17(14)19/h1-9H,10-11H2,(H2,19,20). The Morgan fingerprint density at radius 2 is 1.76 bits per heavy atom. The van der Waals surface area contributed by atoms with Crippen LogP contribution in [-0.4, -0.2) is 4.98 Å². The van der Waals surface area contributed by atoms with Gasteiger partial charge in [0.1, 0.15) is 5.82 Å². The SMILES string of the molecule is Nc1nc2ccccc2cc1COCc1ccc(Br)cc1. The molecule has 0 saturated carbocycles. The van der Waals surface area contributed by atoms with E-state index in [0.29, 0.717) is 19.0 Å². The first-order valence-electron chi connectivity index (χ1n) is 6.69. The van der Waals surface area contributed by atoms with Crippen molar-refractivity contribution in [3.05, 3.63) is 70.2 Å². The van der Waals surface area contributed by atoms with Gasteiger partial charge in [0.2, 0.25) is 0 Å². The van der Waals surface area contributed by atoms with Crippen molar-refractivity contribution >= 4 is 32.7 Å². The lowest BCUT2D eigenvalue weighted by atomic mass is 10.1. The molecule has 0 aliphatic carbocycles. The van der Waals surface area contributed by atoms with Crippen LogP contribution < -0.4 is 5.73 Å². The van der Waals surface area contributed by atoms with Gasteiger partial charge in [-0.05, 0) is 29.8 Å². The van der Waals surface area contributed by atoms with Gasteiger partial charge in [0.15, 0.2) is 0 Å². The Kier molecular flexibility index (Phi) is 4.18. The minimum Gasteiger partial charge on any atom is -0.383 e. The molecule has 3 aromatic rings. The Labute approximate surface area is 131 Å². The number of aromatic nitrogens is 1. The molecule has 3 nitrogen and oxygen atoms in total. The summed E-state index contributed by atoms with van der Waals surface area (Å²) in [5.41, 5.74) is 8.95. The molecule has 0 bridgehead atoms. The molecule has 0 spiro atoms. The average Bonchev–Trinajstić information content (AvgIpc) is 2.50. The molecular formula is C17H15BrN2O. The topological polar surface area (TPSA) is 48.1 Å². The number of nitrogens with two attached hydrogens (primary N) is 1. The maximum Gasteiger partial charge on any atom is 0.129 e. The van der Waals surface area contributed by atoms with E-state index in [1.54, 1.807) is 0 Å². The lowest BCUT2D eigenvalue weighted by Crippen LogP contribution is -2.01. The summed E-state index contributed by atoms with van der Waals surface area (Å²) in [5, 5.41) is 1.08. The number of para-hydroxylation sites is 1. The Morgan fingerprint density at radius 3 is 2.57 bits per heavy atom. The van der Waals surface area contributed by atoms with Gasteiger partial charge in [-0.2, -0.15) is 0 Å². The number of nitrogens with zero attached hydrogens (tertiary/aromatic N) is 1. The molecule has 3 rings (SSSR count). The Bertz CT molecular complexity index is 756. The van der Waals surface area contributed by atoms with E-state index in [2.05, 4.69) is 20.9 Å². The van der Waals surface area contributed by atoms with Gasteiger partial charge >= 0.3 is 0 Å². The van der Waals surface area contributed by atoms with Gasteiger partial charge in [0.05, 0.1) is 18.7 Å². The fourth-order valence-electron chi connectivity index (χ4n) is 2.15. The highest BCUT2D eigenvalue weighted by molar-refractivity contribution is 9.10. The van der Waals surface area contributed by atoms with Crippen LogP contribution in [-0.2, 0) is 18.0 Å². The number of nitrogen functional groups attached to an aromatic ring is 1. The van der Waals surface area contributed by atoms with Crippen molar-refractivity contribution in [2.45, 2.75) is 13.2 Å². The zero-order chi connectivity index (χ0) is 14.7. The summed E-state index contributed by atoms with van der Waals surface area (Å²) in [4.78, 5) is 4.40. The van der Waals surface area contributed by atoms with Gasteiger partial charge < -0.3 is 10.5 Å². The second kappa shape index (κ2) is 6.24. The van der Waals surface area contributed by atoms with E-state index in [0.717, 1.165) is 26.5 Å². The smallest absolute Gasteiger partial charge is 0.129 e. The van der Waals surface area contributed by atoms with E-state index in [4.69, 9.17) is 10.5 Å². The number of anilines is 1. The van der Waals surface area contributed by atoms with Crippen LogP contribution >= 0.6 is 15.9 Å². The third-order valence-electron chi connectivity index (χ3n) is 3.28. The van der Waals surface area contributed by atoms with E-state index in [1.165, 1.54) is 0 Å². The minimum absolute atomic E-state index is 0.458. The summed E-state index contributed by atoms with van der Waals surface area (Å²) < 4.78 is 6.80. The number of rotatable bonds is 4. The summed E-state index contributed by atoms with van der Waals surface area (Å²) >= 11 is 3.42. The van der Waals surface area contributed by atoms with E-state index < -0.39 is 0 Å². The number of pyridine rings is 1. The molecule has 106 valence electrons.